The van der Waals surface area contributed by atoms with Crippen molar-refractivity contribution in [3.63, 3.8) is 0 Å². The highest BCUT2D eigenvalue weighted by molar-refractivity contribution is 5.82. The van der Waals surface area contributed by atoms with Crippen molar-refractivity contribution in [1.29, 1.82) is 0 Å². The summed E-state index contributed by atoms with van der Waals surface area (Å²) >= 11 is 0. The molecule has 0 radical (unpaired) electrons. The average Bonchev–Trinajstić information content (AvgIpc) is 3.16. The summed E-state index contributed by atoms with van der Waals surface area (Å²) in [5, 5.41) is 10.9. The van der Waals surface area contributed by atoms with Crippen LogP contribution in [0.1, 0.15) is 16.7 Å². The molecular weight excluding hydrogens is 378 g/mol. The van der Waals surface area contributed by atoms with Gasteiger partial charge in [0, 0.05) is 23.9 Å². The predicted molar refractivity (Wildman–Crippen MR) is 119 cm³/mol. The van der Waals surface area contributed by atoms with Crippen molar-refractivity contribution in [1.82, 2.24) is 4.98 Å². The molecule has 0 aliphatic heterocycles. The molecule has 0 amide bonds. The molecule has 6 heteroatoms. The number of allylic oxidation sites excluding steroid dienone is 1. The first-order chi connectivity index (χ1) is 14.5. The summed E-state index contributed by atoms with van der Waals surface area (Å²) < 4.78 is 5.98. The van der Waals surface area contributed by atoms with E-state index in [4.69, 9.17) is 4.42 Å². The maximum atomic E-state index is 10.9. The van der Waals surface area contributed by atoms with E-state index in [0.29, 0.717) is 5.89 Å². The average molecular weight is 397 g/mol. The second kappa shape index (κ2) is 8.13. The Hall–Kier alpha value is -4.06. The summed E-state index contributed by atoms with van der Waals surface area (Å²) in [7, 11) is 0. The molecule has 0 saturated heterocycles. The van der Waals surface area contributed by atoms with Gasteiger partial charge in [0.15, 0.2) is 5.58 Å². The monoisotopic (exact) mass is 397 g/mol. The highest BCUT2D eigenvalue weighted by Gasteiger charge is 2.11. The van der Waals surface area contributed by atoms with Gasteiger partial charge in [-0.1, -0.05) is 30.3 Å². The summed E-state index contributed by atoms with van der Waals surface area (Å²) in [5.74, 6) is 0.558. The van der Waals surface area contributed by atoms with Gasteiger partial charge in [-0.05, 0) is 60.9 Å². The topological polar surface area (TPSA) is 81.5 Å². The molecule has 1 aromatic heterocycles. The fourth-order valence-electron chi connectivity index (χ4n) is 3.24. The zero-order valence-corrected chi connectivity index (χ0v) is 16.6. The van der Waals surface area contributed by atoms with Crippen LogP contribution in [0.4, 0.5) is 11.4 Å². The molecule has 4 rings (SSSR count). The van der Waals surface area contributed by atoms with E-state index in [1.54, 1.807) is 30.5 Å². The number of aliphatic imine (C=N–C) groups is 1. The first-order valence-corrected chi connectivity index (χ1v) is 9.43. The van der Waals surface area contributed by atoms with Crippen LogP contribution in [0, 0.1) is 24.0 Å². The van der Waals surface area contributed by atoms with E-state index in [1.165, 1.54) is 12.1 Å². The van der Waals surface area contributed by atoms with E-state index in [-0.39, 0.29) is 5.69 Å². The number of fused-ring (bicyclic) bond motifs is 1. The zero-order chi connectivity index (χ0) is 21.1. The molecule has 0 saturated carbocycles. The van der Waals surface area contributed by atoms with Crippen LogP contribution in [-0.4, -0.2) is 16.1 Å². The van der Waals surface area contributed by atoms with E-state index in [9.17, 15) is 10.1 Å². The molecular formula is C24H19N3O3. The van der Waals surface area contributed by atoms with Crippen molar-refractivity contribution < 1.29 is 9.34 Å². The Morgan fingerprint density at radius 2 is 1.90 bits per heavy atom. The van der Waals surface area contributed by atoms with Gasteiger partial charge in [-0.2, -0.15) is 0 Å². The summed E-state index contributed by atoms with van der Waals surface area (Å²) in [4.78, 5) is 19.5. The molecule has 30 heavy (non-hydrogen) atoms. The Balaban J connectivity index is 1.54. The first kappa shape index (κ1) is 19.3. The van der Waals surface area contributed by atoms with E-state index in [0.717, 1.165) is 39.0 Å². The normalized spacial score (nSPS) is 11.7. The second-order valence-electron chi connectivity index (χ2n) is 6.99. The lowest BCUT2D eigenvalue weighted by Crippen LogP contribution is -1.87. The van der Waals surface area contributed by atoms with Gasteiger partial charge in [-0.15, -0.1) is 0 Å². The molecule has 0 N–H and O–H groups in total. The third-order valence-corrected chi connectivity index (χ3v) is 4.59. The number of non-ortho nitro benzene ring substituents is 1. The smallest absolute Gasteiger partial charge is 0.270 e. The third-order valence-electron chi connectivity index (χ3n) is 4.59. The lowest BCUT2D eigenvalue weighted by atomic mass is 10.1. The summed E-state index contributed by atoms with van der Waals surface area (Å²) in [6.45, 7) is 4.05. The number of nitro groups is 1. The van der Waals surface area contributed by atoms with Crippen LogP contribution in [0.2, 0.25) is 0 Å². The van der Waals surface area contributed by atoms with Crippen molar-refractivity contribution in [3.8, 4) is 11.5 Å². The van der Waals surface area contributed by atoms with Crippen LogP contribution in [0.3, 0.4) is 0 Å². The van der Waals surface area contributed by atoms with Crippen LogP contribution < -0.4 is 0 Å². The van der Waals surface area contributed by atoms with Gasteiger partial charge in [0.05, 0.1) is 10.6 Å². The SMILES string of the molecule is Cc1cc(C)c2oc(-c3cccc(N=CC=Cc4cccc([N+](=O)[O-])c4)c3)nc2c1. The van der Waals surface area contributed by atoms with Crippen molar-refractivity contribution >= 4 is 34.8 Å². The molecule has 0 atom stereocenters. The van der Waals surface area contributed by atoms with E-state index in [1.807, 2.05) is 44.2 Å². The lowest BCUT2D eigenvalue weighted by molar-refractivity contribution is -0.384. The van der Waals surface area contributed by atoms with Gasteiger partial charge in [-0.3, -0.25) is 15.1 Å². The first-order valence-electron chi connectivity index (χ1n) is 9.43. The quantitative estimate of drug-likeness (QED) is 0.220. The molecule has 0 aliphatic carbocycles. The second-order valence-corrected chi connectivity index (χ2v) is 6.99. The van der Waals surface area contributed by atoms with Gasteiger partial charge in [0.1, 0.15) is 5.52 Å². The van der Waals surface area contributed by atoms with Crippen LogP contribution in [0.5, 0.6) is 0 Å². The number of hydrogen-bond donors (Lipinski definition) is 0. The largest absolute Gasteiger partial charge is 0.436 e. The molecule has 0 spiro atoms. The summed E-state index contributed by atoms with van der Waals surface area (Å²) in [6, 6.07) is 18.2. The maximum Gasteiger partial charge on any atom is 0.270 e. The number of nitro benzene ring substituents is 1. The van der Waals surface area contributed by atoms with Crippen LogP contribution in [0.25, 0.3) is 28.6 Å². The molecule has 148 valence electrons. The van der Waals surface area contributed by atoms with Crippen molar-refractivity contribution in [2.45, 2.75) is 13.8 Å². The van der Waals surface area contributed by atoms with Crippen LogP contribution >= 0.6 is 0 Å². The fraction of sp³-hybridized carbons (Fsp3) is 0.0833. The molecule has 1 heterocycles. The molecule has 0 bridgehead atoms. The number of oxazole rings is 1. The standard InChI is InChI=1S/C24H19N3O3/c1-16-12-17(2)23-22(13-16)26-24(30-23)19-8-4-9-20(15-19)25-11-5-7-18-6-3-10-21(14-18)27(28)29/h3-15H,1-2H3. The summed E-state index contributed by atoms with van der Waals surface area (Å²) in [6.07, 6.45) is 5.17. The minimum absolute atomic E-state index is 0.0607. The predicted octanol–water partition coefficient (Wildman–Crippen LogP) is 6.44. The molecule has 0 fully saturated rings. The zero-order valence-electron chi connectivity index (χ0n) is 16.6. The van der Waals surface area contributed by atoms with Gasteiger partial charge in [-0.25, -0.2) is 4.98 Å². The fourth-order valence-corrected chi connectivity index (χ4v) is 3.24. The van der Waals surface area contributed by atoms with Gasteiger partial charge < -0.3 is 4.42 Å². The van der Waals surface area contributed by atoms with Crippen LogP contribution in [-0.2, 0) is 0 Å². The third kappa shape index (κ3) is 4.17. The highest BCUT2D eigenvalue weighted by atomic mass is 16.6. The Kier molecular flexibility index (Phi) is 5.22. The van der Waals surface area contributed by atoms with E-state index in [2.05, 4.69) is 16.0 Å². The molecule has 3 aromatic carbocycles. The maximum absolute atomic E-state index is 10.9. The van der Waals surface area contributed by atoms with Crippen molar-refractivity contribution in [2.75, 3.05) is 0 Å². The number of aromatic nitrogens is 1. The number of benzene rings is 3. The Morgan fingerprint density at radius 3 is 2.73 bits per heavy atom. The van der Waals surface area contributed by atoms with E-state index < -0.39 is 4.92 Å². The number of hydrogen-bond acceptors (Lipinski definition) is 5. The molecule has 0 unspecified atom stereocenters. The number of aryl methyl sites for hydroxylation is 2. The van der Waals surface area contributed by atoms with Gasteiger partial charge in [0.2, 0.25) is 5.89 Å². The van der Waals surface area contributed by atoms with E-state index >= 15 is 0 Å². The van der Waals surface area contributed by atoms with Gasteiger partial charge in [0.25, 0.3) is 5.69 Å². The highest BCUT2D eigenvalue weighted by Crippen LogP contribution is 2.29. The van der Waals surface area contributed by atoms with Gasteiger partial charge >= 0.3 is 0 Å². The molecule has 0 aliphatic rings. The Bertz CT molecular complexity index is 1300. The van der Waals surface area contributed by atoms with Crippen molar-refractivity contribution in [3.05, 3.63) is 93.5 Å². The van der Waals surface area contributed by atoms with Crippen LogP contribution in [0.15, 0.2) is 76.1 Å². The van der Waals surface area contributed by atoms with Crippen molar-refractivity contribution in [2.24, 2.45) is 4.99 Å². The number of rotatable bonds is 5. The Morgan fingerprint density at radius 1 is 1.07 bits per heavy atom. The molecule has 6 nitrogen and oxygen atoms in total. The Labute approximate surface area is 173 Å². The minimum Gasteiger partial charge on any atom is -0.436 e. The lowest BCUT2D eigenvalue weighted by Gasteiger charge is -1.97. The molecule has 4 aromatic rings. The number of nitrogens with zero attached hydrogens (tertiary/aromatic N) is 3. The minimum atomic E-state index is -0.411. The summed E-state index contributed by atoms with van der Waals surface area (Å²) in [5.41, 5.74) is 6.25.